The van der Waals surface area contributed by atoms with Crippen molar-refractivity contribution < 1.29 is 14.3 Å². The molecular weight excluding hydrogens is 404 g/mol. The average molecular weight is 433 g/mol. The molecule has 1 fully saturated rings. The first-order valence-corrected chi connectivity index (χ1v) is 10.9. The van der Waals surface area contributed by atoms with E-state index in [1.54, 1.807) is 7.11 Å². The Bertz CT molecular complexity index is 1110. The minimum absolute atomic E-state index is 0.0138. The fraction of sp³-hybridized carbons (Fsp3) is 0.400. The molecule has 166 valence electrons. The van der Waals surface area contributed by atoms with E-state index in [1.165, 1.54) is 0 Å². The summed E-state index contributed by atoms with van der Waals surface area (Å²) in [6.45, 7) is 5.13. The van der Waals surface area contributed by atoms with Crippen molar-refractivity contribution in [2.75, 3.05) is 32.6 Å². The van der Waals surface area contributed by atoms with Crippen LogP contribution in [0.15, 0.2) is 30.3 Å². The Hall–Kier alpha value is -3.37. The summed E-state index contributed by atoms with van der Waals surface area (Å²) < 4.78 is 11.4. The first-order valence-electron chi connectivity index (χ1n) is 10.9. The largest absolute Gasteiger partial charge is 0.496 e. The number of aromatic nitrogens is 1. The third-order valence-electron chi connectivity index (χ3n) is 5.92. The minimum Gasteiger partial charge on any atom is -0.496 e. The predicted molar refractivity (Wildman–Crippen MR) is 123 cm³/mol. The Balaban J connectivity index is 1.58. The second-order valence-electron chi connectivity index (χ2n) is 8.34. The number of hydrogen-bond acceptors (Lipinski definition) is 6. The molecule has 7 nitrogen and oxygen atoms in total. The number of fused-ring (bicyclic) bond motifs is 1. The molecule has 2 atom stereocenters. The number of amides is 1. The lowest BCUT2D eigenvalue weighted by Gasteiger charge is -2.35. The second kappa shape index (κ2) is 9.01. The molecule has 1 saturated heterocycles. The summed E-state index contributed by atoms with van der Waals surface area (Å²) >= 11 is 0. The first kappa shape index (κ1) is 21.8. The molecule has 1 aromatic carbocycles. The van der Waals surface area contributed by atoms with E-state index in [0.717, 1.165) is 28.2 Å². The van der Waals surface area contributed by atoms with Gasteiger partial charge in [-0.25, -0.2) is 0 Å². The van der Waals surface area contributed by atoms with Gasteiger partial charge in [0, 0.05) is 61.1 Å². The topological polar surface area (TPSA) is 87.5 Å². The molecule has 0 saturated carbocycles. The Kier molecular flexibility index (Phi) is 6.15. The molecule has 1 aliphatic heterocycles. The van der Waals surface area contributed by atoms with Crippen molar-refractivity contribution in [3.05, 3.63) is 58.4 Å². The van der Waals surface area contributed by atoms with Gasteiger partial charge < -0.3 is 19.7 Å². The number of carbonyl (C=O) groups is 1. The van der Waals surface area contributed by atoms with E-state index in [0.29, 0.717) is 42.8 Å². The van der Waals surface area contributed by atoms with Gasteiger partial charge in [0.1, 0.15) is 5.75 Å². The number of pyridine rings is 1. The number of carbonyl (C=O) groups excluding carboxylic acids is 1. The SMILES string of the molecule is CNc1cc(Cc2ccc(C(=O)N3C[C@@H](C)O[C@@H](C)C3)cc2OC)nc2c1C(C#N)=CC2. The number of methoxy groups -OCH3 is 1. The van der Waals surface area contributed by atoms with Crippen LogP contribution in [-0.2, 0) is 17.6 Å². The number of nitriles is 1. The fourth-order valence-electron chi connectivity index (χ4n) is 4.54. The number of nitrogens with zero attached hydrogens (tertiary/aromatic N) is 3. The first-order chi connectivity index (χ1) is 15.4. The van der Waals surface area contributed by atoms with E-state index in [4.69, 9.17) is 14.5 Å². The van der Waals surface area contributed by atoms with Gasteiger partial charge in [0.2, 0.25) is 0 Å². The summed E-state index contributed by atoms with van der Waals surface area (Å²) in [5.74, 6) is 0.648. The lowest BCUT2D eigenvalue weighted by Crippen LogP contribution is -2.48. The van der Waals surface area contributed by atoms with Gasteiger partial charge in [-0.15, -0.1) is 0 Å². The maximum Gasteiger partial charge on any atom is 0.254 e. The summed E-state index contributed by atoms with van der Waals surface area (Å²) in [6.07, 6.45) is 3.17. The molecule has 0 unspecified atom stereocenters. The number of anilines is 1. The third kappa shape index (κ3) is 4.19. The summed E-state index contributed by atoms with van der Waals surface area (Å²) in [4.78, 5) is 19.7. The second-order valence-corrected chi connectivity index (χ2v) is 8.34. The zero-order valence-electron chi connectivity index (χ0n) is 18.9. The molecular formula is C25H28N4O3. The number of hydrogen-bond donors (Lipinski definition) is 1. The highest BCUT2D eigenvalue weighted by atomic mass is 16.5. The van der Waals surface area contributed by atoms with Gasteiger partial charge >= 0.3 is 0 Å². The average Bonchev–Trinajstić information content (AvgIpc) is 3.20. The van der Waals surface area contributed by atoms with Gasteiger partial charge in [-0.2, -0.15) is 5.26 Å². The van der Waals surface area contributed by atoms with Gasteiger partial charge in [-0.3, -0.25) is 9.78 Å². The molecule has 1 aromatic heterocycles. The molecule has 4 rings (SSSR count). The standard InChI is InChI=1S/C25H28N4O3/c1-15-13-29(14-16(2)32-15)25(30)18-6-5-17(23(10-18)31-4)9-20-11-22(27-3)24-19(12-26)7-8-21(24)28-20/h5-7,10-11,15-16H,8-9,13-14H2,1-4H3,(H,27,28)/t15-,16+. The van der Waals surface area contributed by atoms with Crippen molar-refractivity contribution in [3.8, 4) is 11.8 Å². The molecule has 1 aliphatic carbocycles. The summed E-state index contributed by atoms with van der Waals surface area (Å²) in [6, 6.07) is 9.83. The number of benzene rings is 1. The summed E-state index contributed by atoms with van der Waals surface area (Å²) in [7, 11) is 3.46. The molecule has 1 N–H and O–H groups in total. The predicted octanol–water partition coefficient (Wildman–Crippen LogP) is 3.44. The van der Waals surface area contributed by atoms with E-state index in [1.807, 2.05) is 56.1 Å². The lowest BCUT2D eigenvalue weighted by atomic mass is 10.0. The molecule has 32 heavy (non-hydrogen) atoms. The summed E-state index contributed by atoms with van der Waals surface area (Å²) in [5.41, 5.74) is 5.80. The van der Waals surface area contributed by atoms with E-state index in [9.17, 15) is 10.1 Å². The zero-order valence-corrected chi connectivity index (χ0v) is 18.9. The van der Waals surface area contributed by atoms with Crippen molar-refractivity contribution in [2.45, 2.75) is 38.9 Å². The Morgan fingerprint density at radius 2 is 2.06 bits per heavy atom. The normalized spacial score (nSPS) is 19.7. The minimum atomic E-state index is -0.0138. The smallest absolute Gasteiger partial charge is 0.254 e. The van der Waals surface area contributed by atoms with Gasteiger partial charge in [-0.1, -0.05) is 12.1 Å². The van der Waals surface area contributed by atoms with Crippen LogP contribution in [0, 0.1) is 11.3 Å². The van der Waals surface area contributed by atoms with Crippen LogP contribution in [0.5, 0.6) is 5.75 Å². The van der Waals surface area contributed by atoms with E-state index in [-0.39, 0.29) is 18.1 Å². The number of rotatable bonds is 5. The molecule has 2 aromatic rings. The molecule has 0 bridgehead atoms. The highest BCUT2D eigenvalue weighted by molar-refractivity contribution is 5.95. The summed E-state index contributed by atoms with van der Waals surface area (Å²) in [5, 5.41) is 12.6. The molecule has 2 heterocycles. The van der Waals surface area contributed by atoms with Gasteiger partial charge in [0.15, 0.2) is 0 Å². The van der Waals surface area contributed by atoms with Crippen LogP contribution in [-0.4, -0.2) is 55.2 Å². The molecule has 2 aliphatic rings. The van der Waals surface area contributed by atoms with Gasteiger partial charge in [0.25, 0.3) is 5.91 Å². The van der Waals surface area contributed by atoms with E-state index in [2.05, 4.69) is 11.4 Å². The van der Waals surface area contributed by atoms with Crippen LogP contribution < -0.4 is 10.1 Å². The van der Waals surface area contributed by atoms with Crippen molar-refractivity contribution in [1.29, 1.82) is 5.26 Å². The molecule has 7 heteroatoms. The highest BCUT2D eigenvalue weighted by Crippen LogP contribution is 2.34. The van der Waals surface area contributed by atoms with Crippen molar-refractivity contribution in [3.63, 3.8) is 0 Å². The number of ether oxygens (including phenoxy) is 2. The maximum atomic E-state index is 13.1. The highest BCUT2D eigenvalue weighted by Gasteiger charge is 2.27. The van der Waals surface area contributed by atoms with Crippen LogP contribution >= 0.6 is 0 Å². The van der Waals surface area contributed by atoms with Crippen LogP contribution in [0.25, 0.3) is 5.57 Å². The zero-order chi connectivity index (χ0) is 22.8. The Labute approximate surface area is 188 Å². The van der Waals surface area contributed by atoms with Crippen molar-refractivity contribution in [1.82, 2.24) is 9.88 Å². The molecule has 0 spiro atoms. The molecule has 0 radical (unpaired) electrons. The Morgan fingerprint density at radius 3 is 2.72 bits per heavy atom. The number of morpholine rings is 1. The van der Waals surface area contributed by atoms with Crippen molar-refractivity contribution in [2.24, 2.45) is 0 Å². The number of nitrogens with one attached hydrogen (secondary N) is 1. The van der Waals surface area contributed by atoms with Crippen LogP contribution in [0.1, 0.15) is 46.7 Å². The monoisotopic (exact) mass is 432 g/mol. The quantitative estimate of drug-likeness (QED) is 0.779. The van der Waals surface area contributed by atoms with Crippen LogP contribution in [0.4, 0.5) is 5.69 Å². The maximum absolute atomic E-state index is 13.1. The van der Waals surface area contributed by atoms with E-state index < -0.39 is 0 Å². The van der Waals surface area contributed by atoms with Crippen molar-refractivity contribution >= 4 is 17.2 Å². The fourth-order valence-corrected chi connectivity index (χ4v) is 4.54. The van der Waals surface area contributed by atoms with Crippen LogP contribution in [0.2, 0.25) is 0 Å². The molecule has 1 amide bonds. The van der Waals surface area contributed by atoms with Gasteiger partial charge in [-0.05, 0) is 32.0 Å². The van der Waals surface area contributed by atoms with Gasteiger partial charge in [0.05, 0.1) is 36.7 Å². The van der Waals surface area contributed by atoms with E-state index >= 15 is 0 Å². The number of allylic oxidation sites excluding steroid dienone is 2. The third-order valence-corrected chi connectivity index (χ3v) is 5.92. The lowest BCUT2D eigenvalue weighted by molar-refractivity contribution is -0.0586. The Morgan fingerprint density at radius 1 is 1.31 bits per heavy atom. The van der Waals surface area contributed by atoms with Crippen LogP contribution in [0.3, 0.4) is 0 Å².